The molecular formula is C21H25NO2. The first-order chi connectivity index (χ1) is 11.7. The van der Waals surface area contributed by atoms with Gasteiger partial charge in [-0.2, -0.15) is 0 Å². The Morgan fingerprint density at radius 3 is 2.29 bits per heavy atom. The molecule has 0 amide bonds. The van der Waals surface area contributed by atoms with Crippen molar-refractivity contribution in [2.75, 3.05) is 20.2 Å². The number of nitrogens with zero attached hydrogens (tertiary/aromatic N) is 1. The van der Waals surface area contributed by atoms with Crippen molar-refractivity contribution in [2.45, 2.75) is 25.0 Å². The molecule has 2 aromatic rings. The van der Waals surface area contributed by atoms with E-state index >= 15 is 0 Å². The van der Waals surface area contributed by atoms with Crippen LogP contribution in [0.2, 0.25) is 0 Å². The van der Waals surface area contributed by atoms with Gasteiger partial charge in [0, 0.05) is 37.0 Å². The second kappa shape index (κ2) is 6.23. The fraction of sp³-hybridized carbons (Fsp3) is 0.429. The van der Waals surface area contributed by atoms with E-state index in [1.165, 1.54) is 5.56 Å². The lowest BCUT2D eigenvalue weighted by molar-refractivity contribution is -0.0925. The van der Waals surface area contributed by atoms with Crippen LogP contribution in [-0.4, -0.2) is 30.2 Å². The number of aliphatic hydroxyl groups is 1. The molecule has 0 radical (unpaired) electrons. The average Bonchev–Trinajstić information content (AvgIpc) is 2.80. The molecule has 1 N–H and O–H groups in total. The number of benzene rings is 2. The largest absolute Gasteiger partial charge is 0.496 e. The summed E-state index contributed by atoms with van der Waals surface area (Å²) >= 11 is 0. The Balaban J connectivity index is 1.58. The molecule has 1 heterocycles. The molecule has 1 saturated carbocycles. The maximum Gasteiger partial charge on any atom is 0.124 e. The summed E-state index contributed by atoms with van der Waals surface area (Å²) < 4.78 is 5.54. The molecule has 1 aliphatic carbocycles. The van der Waals surface area contributed by atoms with Crippen LogP contribution in [0.1, 0.15) is 24.0 Å². The van der Waals surface area contributed by atoms with Crippen LogP contribution in [-0.2, 0) is 12.1 Å². The highest BCUT2D eigenvalue weighted by molar-refractivity contribution is 5.40. The van der Waals surface area contributed by atoms with Crippen molar-refractivity contribution in [3.8, 4) is 5.75 Å². The summed E-state index contributed by atoms with van der Waals surface area (Å²) in [6.07, 6.45) is 2.18. The minimum absolute atomic E-state index is 0.274. The van der Waals surface area contributed by atoms with Crippen molar-refractivity contribution in [2.24, 2.45) is 11.8 Å². The predicted molar refractivity (Wildman–Crippen MR) is 94.8 cm³/mol. The van der Waals surface area contributed by atoms with Gasteiger partial charge in [0.25, 0.3) is 0 Å². The van der Waals surface area contributed by atoms with Crippen molar-refractivity contribution in [1.82, 2.24) is 4.90 Å². The quantitative estimate of drug-likeness (QED) is 0.936. The molecule has 0 aromatic heterocycles. The third kappa shape index (κ3) is 2.52. The fourth-order valence-corrected chi connectivity index (χ4v) is 4.72. The first-order valence-electron chi connectivity index (χ1n) is 8.84. The monoisotopic (exact) mass is 323 g/mol. The van der Waals surface area contributed by atoms with Crippen LogP contribution in [0.25, 0.3) is 0 Å². The number of para-hydroxylation sites is 1. The van der Waals surface area contributed by atoms with E-state index in [0.29, 0.717) is 0 Å². The Labute approximate surface area is 143 Å². The van der Waals surface area contributed by atoms with Gasteiger partial charge in [-0.15, -0.1) is 0 Å². The van der Waals surface area contributed by atoms with Crippen molar-refractivity contribution >= 4 is 0 Å². The smallest absolute Gasteiger partial charge is 0.124 e. The molecule has 24 heavy (non-hydrogen) atoms. The molecule has 2 aliphatic rings. The minimum Gasteiger partial charge on any atom is -0.496 e. The van der Waals surface area contributed by atoms with Crippen molar-refractivity contribution in [1.29, 1.82) is 0 Å². The van der Waals surface area contributed by atoms with Gasteiger partial charge in [0.1, 0.15) is 11.4 Å². The summed E-state index contributed by atoms with van der Waals surface area (Å²) in [5, 5.41) is 11.6. The zero-order chi connectivity index (χ0) is 16.6. The lowest BCUT2D eigenvalue weighted by atomic mass is 9.74. The maximum atomic E-state index is 11.6. The van der Waals surface area contributed by atoms with Crippen LogP contribution in [0.15, 0.2) is 54.6 Å². The number of hydrogen-bond donors (Lipinski definition) is 1. The van der Waals surface area contributed by atoms with Gasteiger partial charge in [0.15, 0.2) is 0 Å². The summed E-state index contributed by atoms with van der Waals surface area (Å²) in [6.45, 7) is 2.86. The molecule has 4 rings (SSSR count). The number of rotatable bonds is 4. The molecule has 3 heteroatoms. The Bertz CT molecular complexity index is 686. The lowest BCUT2D eigenvalue weighted by Crippen LogP contribution is -2.51. The molecule has 2 atom stereocenters. The van der Waals surface area contributed by atoms with Gasteiger partial charge in [-0.1, -0.05) is 48.5 Å². The summed E-state index contributed by atoms with van der Waals surface area (Å²) in [5.41, 5.74) is 1.57. The van der Waals surface area contributed by atoms with Crippen LogP contribution in [0, 0.1) is 11.8 Å². The van der Waals surface area contributed by atoms with E-state index in [0.717, 1.165) is 43.8 Å². The van der Waals surface area contributed by atoms with Gasteiger partial charge in [-0.05, 0) is 24.5 Å². The molecule has 2 aromatic carbocycles. The van der Waals surface area contributed by atoms with E-state index < -0.39 is 5.60 Å². The predicted octanol–water partition coefficient (Wildman–Crippen LogP) is 3.42. The van der Waals surface area contributed by atoms with Gasteiger partial charge < -0.3 is 9.84 Å². The number of fused-ring (bicyclic) bond motifs is 2. The van der Waals surface area contributed by atoms with Gasteiger partial charge in [-0.3, -0.25) is 4.90 Å². The Morgan fingerprint density at radius 2 is 1.62 bits per heavy atom. The molecule has 1 aliphatic heterocycles. The molecule has 2 fully saturated rings. The molecule has 126 valence electrons. The van der Waals surface area contributed by atoms with E-state index in [1.54, 1.807) is 7.11 Å². The van der Waals surface area contributed by atoms with Crippen LogP contribution in [0.4, 0.5) is 0 Å². The topological polar surface area (TPSA) is 32.7 Å². The standard InChI is InChI=1S/C21H25NO2/c1-24-20-10-6-5-9-19(20)21(23)17-11-12-18(21)15-22(14-17)13-16-7-3-2-4-8-16/h2-10,17-18,23H,11-15H2,1H3. The second-order valence-corrected chi connectivity index (χ2v) is 7.18. The first kappa shape index (κ1) is 15.7. The van der Waals surface area contributed by atoms with Gasteiger partial charge in [-0.25, -0.2) is 0 Å². The van der Waals surface area contributed by atoms with Gasteiger partial charge in [0.2, 0.25) is 0 Å². The fourth-order valence-electron chi connectivity index (χ4n) is 4.72. The van der Waals surface area contributed by atoms with Crippen LogP contribution in [0.5, 0.6) is 5.75 Å². The van der Waals surface area contributed by atoms with Crippen LogP contribution < -0.4 is 4.74 Å². The second-order valence-electron chi connectivity index (χ2n) is 7.18. The molecule has 2 bridgehead atoms. The SMILES string of the molecule is COc1ccccc1C1(O)C2CCC1CN(Cc1ccccc1)C2. The summed E-state index contributed by atoms with van der Waals surface area (Å²) in [6, 6.07) is 18.6. The maximum absolute atomic E-state index is 11.6. The normalized spacial score (nSPS) is 29.6. The van der Waals surface area contributed by atoms with E-state index in [9.17, 15) is 5.11 Å². The Kier molecular flexibility index (Phi) is 4.07. The Hall–Kier alpha value is -1.84. The third-order valence-corrected chi connectivity index (χ3v) is 5.85. The summed E-state index contributed by atoms with van der Waals surface area (Å²) in [4.78, 5) is 2.50. The van der Waals surface area contributed by atoms with Gasteiger partial charge >= 0.3 is 0 Å². The first-order valence-corrected chi connectivity index (χ1v) is 8.84. The van der Waals surface area contributed by atoms with Crippen molar-refractivity contribution in [3.05, 3.63) is 65.7 Å². The van der Waals surface area contributed by atoms with Crippen molar-refractivity contribution in [3.63, 3.8) is 0 Å². The number of hydrogen-bond acceptors (Lipinski definition) is 3. The highest BCUT2D eigenvalue weighted by Crippen LogP contribution is 2.53. The van der Waals surface area contributed by atoms with Crippen molar-refractivity contribution < 1.29 is 9.84 Å². The number of likely N-dealkylation sites (tertiary alicyclic amines) is 1. The highest BCUT2D eigenvalue weighted by Gasteiger charge is 2.54. The number of methoxy groups -OCH3 is 1. The third-order valence-electron chi connectivity index (χ3n) is 5.85. The molecule has 3 nitrogen and oxygen atoms in total. The number of ether oxygens (including phenoxy) is 1. The lowest BCUT2D eigenvalue weighted by Gasteiger charge is -2.45. The van der Waals surface area contributed by atoms with Gasteiger partial charge in [0.05, 0.1) is 7.11 Å². The zero-order valence-electron chi connectivity index (χ0n) is 14.2. The van der Waals surface area contributed by atoms with E-state index in [-0.39, 0.29) is 11.8 Å². The van der Waals surface area contributed by atoms with E-state index in [1.807, 2.05) is 24.3 Å². The number of piperidine rings is 1. The summed E-state index contributed by atoms with van der Waals surface area (Å²) in [5.74, 6) is 1.36. The van der Waals surface area contributed by atoms with E-state index in [2.05, 4.69) is 35.2 Å². The summed E-state index contributed by atoms with van der Waals surface area (Å²) in [7, 11) is 1.69. The van der Waals surface area contributed by atoms with E-state index in [4.69, 9.17) is 4.74 Å². The highest BCUT2D eigenvalue weighted by atomic mass is 16.5. The molecular weight excluding hydrogens is 298 g/mol. The average molecular weight is 323 g/mol. The van der Waals surface area contributed by atoms with Crippen LogP contribution in [0.3, 0.4) is 0 Å². The molecule has 2 unspecified atom stereocenters. The molecule has 0 spiro atoms. The molecule has 1 saturated heterocycles. The van der Waals surface area contributed by atoms with Crippen LogP contribution >= 0.6 is 0 Å². The zero-order valence-corrected chi connectivity index (χ0v) is 14.2. The minimum atomic E-state index is -0.750. The Morgan fingerprint density at radius 1 is 1.00 bits per heavy atom.